The van der Waals surface area contributed by atoms with E-state index in [1.807, 2.05) is 0 Å². The lowest BCUT2D eigenvalue weighted by Crippen LogP contribution is -2.31. The van der Waals surface area contributed by atoms with Gasteiger partial charge >= 0.3 is 0 Å². The van der Waals surface area contributed by atoms with E-state index in [1.54, 1.807) is 36.4 Å². The van der Waals surface area contributed by atoms with E-state index in [4.69, 9.17) is 23.2 Å². The smallest absolute Gasteiger partial charge is 0.259 e. The summed E-state index contributed by atoms with van der Waals surface area (Å²) in [7, 11) is -4.00. The van der Waals surface area contributed by atoms with Crippen molar-refractivity contribution in [3.8, 4) is 0 Å². The fraction of sp³-hybridized carbons (Fsp3) is 0.0526. The Labute approximate surface area is 161 Å². The van der Waals surface area contributed by atoms with Crippen LogP contribution >= 0.6 is 23.2 Å². The van der Waals surface area contributed by atoms with Crippen LogP contribution in [0.1, 0.15) is 5.56 Å². The van der Waals surface area contributed by atoms with Crippen molar-refractivity contribution >= 4 is 38.9 Å². The maximum absolute atomic E-state index is 14.4. The highest BCUT2D eigenvalue weighted by molar-refractivity contribution is 7.92. The lowest BCUT2D eigenvalue weighted by atomic mass is 10.2. The van der Waals surface area contributed by atoms with Crippen molar-refractivity contribution in [1.29, 1.82) is 0 Å². The van der Waals surface area contributed by atoms with Gasteiger partial charge in [0, 0.05) is 10.0 Å². The highest BCUT2D eigenvalue weighted by Crippen LogP contribution is 2.30. The molecule has 0 saturated carbocycles. The van der Waals surface area contributed by atoms with Gasteiger partial charge in [0.2, 0.25) is 0 Å². The van der Waals surface area contributed by atoms with Crippen molar-refractivity contribution in [3.05, 3.63) is 94.2 Å². The number of benzene rings is 3. The second-order valence-electron chi connectivity index (χ2n) is 5.51. The Balaban J connectivity index is 2.13. The van der Waals surface area contributed by atoms with Crippen LogP contribution in [0, 0.1) is 5.82 Å². The van der Waals surface area contributed by atoms with Crippen molar-refractivity contribution < 1.29 is 12.8 Å². The summed E-state index contributed by atoms with van der Waals surface area (Å²) in [6.07, 6.45) is 0. The topological polar surface area (TPSA) is 37.4 Å². The lowest BCUT2D eigenvalue weighted by molar-refractivity contribution is 0.584. The van der Waals surface area contributed by atoms with Gasteiger partial charge in [0.25, 0.3) is 10.0 Å². The molecule has 134 valence electrons. The first-order valence-electron chi connectivity index (χ1n) is 7.66. The first-order valence-corrected chi connectivity index (χ1v) is 9.85. The van der Waals surface area contributed by atoms with E-state index in [9.17, 15) is 12.8 Å². The summed E-state index contributed by atoms with van der Waals surface area (Å²) >= 11 is 12.1. The molecule has 0 saturated heterocycles. The molecule has 0 aliphatic heterocycles. The summed E-state index contributed by atoms with van der Waals surface area (Å²) in [6.45, 7) is -0.131. The molecule has 3 aromatic rings. The van der Waals surface area contributed by atoms with Gasteiger partial charge in [0.15, 0.2) is 0 Å². The third-order valence-electron chi connectivity index (χ3n) is 3.78. The monoisotopic (exact) mass is 409 g/mol. The highest BCUT2D eigenvalue weighted by atomic mass is 35.5. The fourth-order valence-corrected chi connectivity index (χ4v) is 4.42. The number of para-hydroxylation sites is 1. The zero-order valence-corrected chi connectivity index (χ0v) is 15.8. The Hall–Kier alpha value is -2.08. The molecule has 0 heterocycles. The molecule has 7 heteroatoms. The molecule has 0 spiro atoms. The molecule has 0 unspecified atom stereocenters. The third-order valence-corrected chi connectivity index (χ3v) is 6.14. The average molecular weight is 410 g/mol. The second-order valence-corrected chi connectivity index (χ2v) is 8.22. The highest BCUT2D eigenvalue weighted by Gasteiger charge is 2.27. The molecule has 0 aromatic heterocycles. The van der Waals surface area contributed by atoms with Gasteiger partial charge in [-0.3, -0.25) is 4.31 Å². The van der Waals surface area contributed by atoms with E-state index in [1.165, 1.54) is 36.4 Å². The van der Waals surface area contributed by atoms with Gasteiger partial charge in [-0.25, -0.2) is 12.8 Å². The number of anilines is 1. The third kappa shape index (κ3) is 3.85. The molecule has 0 amide bonds. The molecule has 0 atom stereocenters. The van der Waals surface area contributed by atoms with Crippen molar-refractivity contribution in [1.82, 2.24) is 0 Å². The first-order chi connectivity index (χ1) is 12.4. The van der Waals surface area contributed by atoms with Crippen molar-refractivity contribution in [3.63, 3.8) is 0 Å². The summed E-state index contributed by atoms with van der Waals surface area (Å²) in [5, 5.41) is 0.740. The van der Waals surface area contributed by atoms with Gasteiger partial charge in [-0.05, 0) is 42.0 Å². The van der Waals surface area contributed by atoms with Crippen LogP contribution in [0.15, 0.2) is 77.7 Å². The number of halogens is 3. The standard InChI is InChI=1S/C19H14Cl2FNO2S/c20-15-11-10-14(17(21)12-15)13-23(19-9-5-4-8-18(19)22)26(24,25)16-6-2-1-3-7-16/h1-12H,13H2. The minimum absolute atomic E-state index is 0.0534. The van der Waals surface area contributed by atoms with Crippen LogP contribution < -0.4 is 4.31 Å². The van der Waals surface area contributed by atoms with Crippen molar-refractivity contribution in [2.45, 2.75) is 11.4 Å². The molecular weight excluding hydrogens is 396 g/mol. The van der Waals surface area contributed by atoms with Gasteiger partial charge < -0.3 is 0 Å². The Morgan fingerprint density at radius 1 is 0.885 bits per heavy atom. The zero-order valence-electron chi connectivity index (χ0n) is 13.4. The second kappa shape index (κ2) is 7.66. The minimum Gasteiger partial charge on any atom is -0.259 e. The van der Waals surface area contributed by atoms with Gasteiger partial charge in [-0.15, -0.1) is 0 Å². The molecule has 0 N–H and O–H groups in total. The molecule has 3 aromatic carbocycles. The molecule has 0 aliphatic carbocycles. The number of hydrogen-bond acceptors (Lipinski definition) is 2. The maximum atomic E-state index is 14.4. The van der Waals surface area contributed by atoms with Crippen molar-refractivity contribution in [2.24, 2.45) is 0 Å². The quantitative estimate of drug-likeness (QED) is 0.555. The van der Waals surface area contributed by atoms with E-state index < -0.39 is 15.8 Å². The van der Waals surface area contributed by atoms with Gasteiger partial charge in [0.05, 0.1) is 17.1 Å². The molecule has 0 radical (unpaired) electrons. The molecular formula is C19H14Cl2FNO2S. The molecule has 0 fully saturated rings. The van der Waals surface area contributed by atoms with Crippen LogP contribution in [-0.2, 0) is 16.6 Å². The van der Waals surface area contributed by atoms with E-state index in [-0.39, 0.29) is 17.1 Å². The Morgan fingerprint density at radius 3 is 2.19 bits per heavy atom. The predicted octanol–water partition coefficient (Wildman–Crippen LogP) is 5.53. The van der Waals surface area contributed by atoms with Crippen LogP contribution in [0.2, 0.25) is 10.0 Å². The summed E-state index contributed by atoms with van der Waals surface area (Å²) in [6, 6.07) is 18.3. The Bertz CT molecular complexity index is 1030. The van der Waals surface area contributed by atoms with Crippen LogP contribution in [0.3, 0.4) is 0 Å². The molecule has 0 bridgehead atoms. The number of sulfonamides is 1. The average Bonchev–Trinajstić information content (AvgIpc) is 2.62. The normalized spacial score (nSPS) is 11.3. The van der Waals surface area contributed by atoms with E-state index in [0.717, 1.165) is 4.31 Å². The maximum Gasteiger partial charge on any atom is 0.264 e. The summed E-state index contributed by atoms with van der Waals surface area (Å²) in [4.78, 5) is 0.0633. The Morgan fingerprint density at radius 2 is 1.54 bits per heavy atom. The van der Waals surface area contributed by atoms with Crippen LogP contribution in [-0.4, -0.2) is 8.42 Å². The molecule has 3 nitrogen and oxygen atoms in total. The van der Waals surface area contributed by atoms with Gasteiger partial charge in [0.1, 0.15) is 5.82 Å². The lowest BCUT2D eigenvalue weighted by Gasteiger charge is -2.25. The summed E-state index contributed by atoms with van der Waals surface area (Å²) < 4.78 is 41.7. The molecule has 3 rings (SSSR count). The number of rotatable bonds is 5. The summed E-state index contributed by atoms with van der Waals surface area (Å²) in [5.41, 5.74) is 0.459. The SMILES string of the molecule is O=S(=O)(c1ccccc1)N(Cc1ccc(Cl)cc1Cl)c1ccccc1F. The predicted molar refractivity (Wildman–Crippen MR) is 103 cm³/mol. The van der Waals surface area contributed by atoms with Gasteiger partial charge in [-0.1, -0.05) is 59.6 Å². The zero-order chi connectivity index (χ0) is 18.7. The molecule has 26 heavy (non-hydrogen) atoms. The fourth-order valence-electron chi connectivity index (χ4n) is 2.48. The largest absolute Gasteiger partial charge is 0.264 e. The molecule has 0 aliphatic rings. The van der Waals surface area contributed by atoms with Crippen LogP contribution in [0.25, 0.3) is 0 Å². The van der Waals surface area contributed by atoms with Crippen LogP contribution in [0.5, 0.6) is 0 Å². The number of nitrogens with zero attached hydrogens (tertiary/aromatic N) is 1. The van der Waals surface area contributed by atoms with Crippen LogP contribution in [0.4, 0.5) is 10.1 Å². The van der Waals surface area contributed by atoms with E-state index in [0.29, 0.717) is 15.6 Å². The summed E-state index contributed by atoms with van der Waals surface area (Å²) in [5.74, 6) is -0.642. The van der Waals surface area contributed by atoms with Crippen molar-refractivity contribution in [2.75, 3.05) is 4.31 Å². The first kappa shape index (κ1) is 18.7. The number of hydrogen-bond donors (Lipinski definition) is 0. The van der Waals surface area contributed by atoms with E-state index in [2.05, 4.69) is 0 Å². The van der Waals surface area contributed by atoms with E-state index >= 15 is 0 Å². The Kier molecular flexibility index (Phi) is 5.51. The minimum atomic E-state index is -4.00. The van der Waals surface area contributed by atoms with Gasteiger partial charge in [-0.2, -0.15) is 0 Å².